The summed E-state index contributed by atoms with van der Waals surface area (Å²) in [4.78, 5) is 31.3. The molecule has 1 N–H and O–H groups in total. The summed E-state index contributed by atoms with van der Waals surface area (Å²) in [5.74, 6) is -0.546. The number of fused-ring (bicyclic) bond motifs is 1. The van der Waals surface area contributed by atoms with Gasteiger partial charge in [-0.25, -0.2) is 4.98 Å². The average Bonchev–Trinajstić information content (AvgIpc) is 3.57. The van der Waals surface area contributed by atoms with Crippen LogP contribution in [-0.4, -0.2) is 42.3 Å². The molecule has 36 heavy (non-hydrogen) atoms. The number of thioether (sulfide) groups is 1. The minimum absolute atomic E-state index is 0.0488. The summed E-state index contributed by atoms with van der Waals surface area (Å²) >= 11 is 6.58. The number of hydrogen-bond acceptors (Lipinski definition) is 5. The van der Waals surface area contributed by atoms with Gasteiger partial charge in [0, 0.05) is 35.9 Å². The number of amides is 2. The fourth-order valence-electron chi connectivity index (χ4n) is 4.01. The number of halogens is 4. The first-order chi connectivity index (χ1) is 17.2. The van der Waals surface area contributed by atoms with Crippen molar-refractivity contribution in [1.29, 1.82) is 0 Å². The molecule has 3 heterocycles. The number of nitrogens with zero attached hydrogens (tertiary/aromatic N) is 4. The maximum atomic E-state index is 13.8. The molecular weight excluding hydrogens is 515 g/mol. The molecule has 0 unspecified atom stereocenters. The molecule has 2 aromatic carbocycles. The van der Waals surface area contributed by atoms with Crippen LogP contribution in [0.4, 0.5) is 18.0 Å². The molecular formula is C24H17ClF3N5O2S. The van der Waals surface area contributed by atoms with Gasteiger partial charge < -0.3 is 4.57 Å². The highest BCUT2D eigenvalue weighted by atomic mass is 35.5. The van der Waals surface area contributed by atoms with Crippen molar-refractivity contribution in [1.82, 2.24) is 24.6 Å². The third-order valence-corrected chi connectivity index (χ3v) is 7.05. The first-order valence-electron chi connectivity index (χ1n) is 10.7. The molecule has 0 spiro atoms. The van der Waals surface area contributed by atoms with Gasteiger partial charge in [0.2, 0.25) is 0 Å². The van der Waals surface area contributed by atoms with E-state index in [1.165, 1.54) is 12.1 Å². The Labute approximate surface area is 211 Å². The standard InChI is InChI=1S/C24H17ClF3N5O2S/c25-17-3-1-15(19(11-17)24(26,27)28)10-18(14-2-4-20-16(9-14)12-30-31-20)21-22(34)33(23(35)36-21)8-7-32-6-5-29-13-32/h1-6,9,11-13H,7-8,10H2,(H,30,31). The molecule has 12 heteroatoms. The molecule has 2 aromatic heterocycles. The number of alkyl halides is 3. The van der Waals surface area contributed by atoms with Gasteiger partial charge >= 0.3 is 6.18 Å². The Morgan fingerprint density at radius 2 is 1.94 bits per heavy atom. The lowest BCUT2D eigenvalue weighted by Crippen LogP contribution is -2.31. The molecule has 5 rings (SSSR count). The second-order valence-corrected chi connectivity index (χ2v) is 9.48. The minimum atomic E-state index is -4.65. The zero-order valence-corrected chi connectivity index (χ0v) is 20.0. The number of aromatic amines is 1. The third kappa shape index (κ3) is 4.76. The van der Waals surface area contributed by atoms with Crippen molar-refractivity contribution in [2.45, 2.75) is 19.1 Å². The van der Waals surface area contributed by atoms with E-state index < -0.39 is 22.9 Å². The molecule has 0 saturated carbocycles. The summed E-state index contributed by atoms with van der Waals surface area (Å²) in [5.41, 5.74) is 0.621. The van der Waals surface area contributed by atoms with Crippen molar-refractivity contribution < 1.29 is 22.8 Å². The highest BCUT2D eigenvalue weighted by Gasteiger charge is 2.38. The van der Waals surface area contributed by atoms with E-state index in [0.29, 0.717) is 17.7 Å². The van der Waals surface area contributed by atoms with E-state index in [4.69, 9.17) is 11.6 Å². The molecule has 7 nitrogen and oxygen atoms in total. The normalized spacial score (nSPS) is 15.8. The number of allylic oxidation sites excluding steroid dienone is 1. The third-order valence-electron chi connectivity index (χ3n) is 5.80. The molecule has 0 aliphatic carbocycles. The Kier molecular flexibility index (Phi) is 6.35. The van der Waals surface area contributed by atoms with Crippen LogP contribution in [0.15, 0.2) is 66.2 Å². The van der Waals surface area contributed by atoms with Crippen LogP contribution in [0.3, 0.4) is 0 Å². The summed E-state index contributed by atoms with van der Waals surface area (Å²) in [6.45, 7) is 0.449. The van der Waals surface area contributed by atoms with Gasteiger partial charge in [0.25, 0.3) is 11.1 Å². The van der Waals surface area contributed by atoms with E-state index in [1.54, 1.807) is 47.7 Å². The fourth-order valence-corrected chi connectivity index (χ4v) is 5.15. The highest BCUT2D eigenvalue weighted by molar-refractivity contribution is 8.18. The number of imide groups is 1. The quantitative estimate of drug-likeness (QED) is 0.319. The van der Waals surface area contributed by atoms with Gasteiger partial charge in [-0.15, -0.1) is 0 Å². The molecule has 4 aromatic rings. The Balaban J connectivity index is 1.58. The molecule has 0 radical (unpaired) electrons. The molecule has 1 aliphatic rings. The number of benzene rings is 2. The number of imidazole rings is 1. The van der Waals surface area contributed by atoms with Crippen LogP contribution >= 0.6 is 23.4 Å². The van der Waals surface area contributed by atoms with Crippen LogP contribution in [0.5, 0.6) is 0 Å². The first-order valence-corrected chi connectivity index (χ1v) is 11.9. The van der Waals surface area contributed by atoms with Gasteiger partial charge in [-0.2, -0.15) is 18.3 Å². The summed E-state index contributed by atoms with van der Waals surface area (Å²) < 4.78 is 43.2. The fraction of sp³-hybridized carbons (Fsp3) is 0.167. The van der Waals surface area contributed by atoms with E-state index in [-0.39, 0.29) is 28.5 Å². The number of aromatic nitrogens is 4. The van der Waals surface area contributed by atoms with Gasteiger partial charge in [-0.1, -0.05) is 23.7 Å². The van der Waals surface area contributed by atoms with Crippen molar-refractivity contribution in [2.75, 3.05) is 6.54 Å². The van der Waals surface area contributed by atoms with Crippen LogP contribution in [0.1, 0.15) is 16.7 Å². The lowest BCUT2D eigenvalue weighted by Gasteiger charge is -2.17. The monoisotopic (exact) mass is 531 g/mol. The highest BCUT2D eigenvalue weighted by Crippen LogP contribution is 2.41. The van der Waals surface area contributed by atoms with Crippen molar-refractivity contribution in [3.05, 3.63) is 87.9 Å². The minimum Gasteiger partial charge on any atom is -0.336 e. The predicted octanol–water partition coefficient (Wildman–Crippen LogP) is 5.78. The second kappa shape index (κ2) is 9.47. The molecule has 0 atom stereocenters. The molecule has 1 saturated heterocycles. The van der Waals surface area contributed by atoms with Crippen LogP contribution in [0.2, 0.25) is 5.02 Å². The van der Waals surface area contributed by atoms with Crippen LogP contribution in [-0.2, 0) is 23.9 Å². The van der Waals surface area contributed by atoms with Gasteiger partial charge in [-0.3, -0.25) is 19.6 Å². The van der Waals surface area contributed by atoms with E-state index in [1.807, 2.05) is 0 Å². The topological polar surface area (TPSA) is 83.9 Å². The number of rotatable bonds is 6. The Morgan fingerprint density at radius 3 is 2.69 bits per heavy atom. The lowest BCUT2D eigenvalue weighted by atomic mass is 9.93. The van der Waals surface area contributed by atoms with E-state index >= 15 is 0 Å². The van der Waals surface area contributed by atoms with Crippen LogP contribution in [0, 0.1) is 0 Å². The van der Waals surface area contributed by atoms with E-state index in [2.05, 4.69) is 15.2 Å². The zero-order chi connectivity index (χ0) is 25.4. The van der Waals surface area contributed by atoms with Crippen molar-refractivity contribution in [2.24, 2.45) is 0 Å². The Bertz CT molecular complexity index is 1500. The van der Waals surface area contributed by atoms with Gasteiger partial charge in [-0.05, 0) is 59.1 Å². The Morgan fingerprint density at radius 1 is 1.11 bits per heavy atom. The summed E-state index contributed by atoms with van der Waals surface area (Å²) in [6.07, 6.45) is 1.56. The van der Waals surface area contributed by atoms with Gasteiger partial charge in [0.15, 0.2) is 0 Å². The van der Waals surface area contributed by atoms with Gasteiger partial charge in [0.05, 0.1) is 28.5 Å². The second-order valence-electron chi connectivity index (χ2n) is 8.08. The SMILES string of the molecule is O=C1SC(=C(Cc2ccc(Cl)cc2C(F)(F)F)c2ccc3[nH]ncc3c2)C(=O)N1CCn1ccnc1. The summed E-state index contributed by atoms with van der Waals surface area (Å²) in [5, 5.41) is 6.99. The number of H-pyrrole nitrogens is 1. The van der Waals surface area contributed by atoms with Crippen LogP contribution < -0.4 is 0 Å². The number of nitrogens with one attached hydrogen (secondary N) is 1. The number of carbonyl (C=O) groups excluding carboxylic acids is 2. The van der Waals surface area contributed by atoms with E-state index in [9.17, 15) is 22.8 Å². The number of hydrogen-bond donors (Lipinski definition) is 1. The molecule has 0 bridgehead atoms. The molecule has 1 fully saturated rings. The smallest absolute Gasteiger partial charge is 0.336 e. The number of carbonyl (C=O) groups is 2. The zero-order valence-electron chi connectivity index (χ0n) is 18.4. The van der Waals surface area contributed by atoms with Crippen molar-refractivity contribution in [3.8, 4) is 0 Å². The van der Waals surface area contributed by atoms with E-state index in [0.717, 1.165) is 33.6 Å². The maximum absolute atomic E-state index is 13.8. The molecule has 1 aliphatic heterocycles. The maximum Gasteiger partial charge on any atom is 0.416 e. The van der Waals surface area contributed by atoms with Crippen molar-refractivity contribution in [3.63, 3.8) is 0 Å². The summed E-state index contributed by atoms with van der Waals surface area (Å²) in [7, 11) is 0. The molecule has 184 valence electrons. The molecule has 2 amide bonds. The largest absolute Gasteiger partial charge is 0.416 e. The first kappa shape index (κ1) is 24.1. The average molecular weight is 532 g/mol. The summed E-state index contributed by atoms with van der Waals surface area (Å²) in [6, 6.07) is 8.69. The van der Waals surface area contributed by atoms with Gasteiger partial charge in [0.1, 0.15) is 0 Å². The Hall–Kier alpha value is -3.57. The van der Waals surface area contributed by atoms with Crippen LogP contribution in [0.25, 0.3) is 16.5 Å². The van der Waals surface area contributed by atoms with Crippen molar-refractivity contribution >= 4 is 51.0 Å². The predicted molar refractivity (Wildman–Crippen MR) is 130 cm³/mol. The lowest BCUT2D eigenvalue weighted by molar-refractivity contribution is -0.138.